The van der Waals surface area contributed by atoms with Crippen molar-refractivity contribution in [3.8, 4) is 0 Å². The Balaban J connectivity index is 1.63. The molecule has 0 aromatic carbocycles. The van der Waals surface area contributed by atoms with E-state index >= 15 is 0 Å². The Morgan fingerprint density at radius 1 is 1.00 bits per heavy atom. The molecule has 5 aliphatic heterocycles. The van der Waals surface area contributed by atoms with Crippen LogP contribution in [0.25, 0.3) is 0 Å². The van der Waals surface area contributed by atoms with Gasteiger partial charge in [-0.25, -0.2) is 0 Å². The second kappa shape index (κ2) is 5.17. The van der Waals surface area contributed by atoms with Gasteiger partial charge in [0.1, 0.15) is 0 Å². The number of hydrogen-bond donors (Lipinski definition) is 1. The average molecular weight is 322 g/mol. The third kappa shape index (κ3) is 2.25. The first-order chi connectivity index (χ1) is 10.8. The van der Waals surface area contributed by atoms with E-state index in [4.69, 9.17) is 4.74 Å². The summed E-state index contributed by atoms with van der Waals surface area (Å²) in [6, 6.07) is 0. The first kappa shape index (κ1) is 16.3. The largest absolute Gasteiger partial charge is 0.392 e. The van der Waals surface area contributed by atoms with Crippen molar-refractivity contribution < 1.29 is 9.84 Å². The maximum atomic E-state index is 11.1. The van der Waals surface area contributed by atoms with Gasteiger partial charge in [0, 0.05) is 43.6 Å². The van der Waals surface area contributed by atoms with Gasteiger partial charge in [0.2, 0.25) is 0 Å². The van der Waals surface area contributed by atoms with Crippen LogP contribution in [0.4, 0.5) is 0 Å². The molecule has 132 valence electrons. The number of aliphatic hydroxyl groups excluding tert-OH is 1. The molecule has 0 aromatic heterocycles. The summed E-state index contributed by atoms with van der Waals surface area (Å²) in [5.41, 5.74) is 0.220. The number of ether oxygens (including phenoxy) is 1. The van der Waals surface area contributed by atoms with Crippen LogP contribution >= 0.6 is 0 Å². The van der Waals surface area contributed by atoms with E-state index < -0.39 is 0 Å². The van der Waals surface area contributed by atoms with E-state index in [1.165, 1.54) is 6.42 Å². The Kier molecular flexibility index (Phi) is 3.67. The Morgan fingerprint density at radius 2 is 1.52 bits per heavy atom. The normalized spacial score (nSPS) is 54.4. The number of nitrogens with zero attached hydrogens (tertiary/aromatic N) is 2. The second-order valence-electron chi connectivity index (χ2n) is 9.42. The van der Waals surface area contributed by atoms with E-state index in [1.54, 1.807) is 0 Å². The molecule has 0 spiro atoms. The van der Waals surface area contributed by atoms with Crippen molar-refractivity contribution in [1.82, 2.24) is 9.80 Å². The van der Waals surface area contributed by atoms with Crippen molar-refractivity contribution in [3.05, 3.63) is 0 Å². The highest BCUT2D eigenvalue weighted by molar-refractivity contribution is 5.15. The van der Waals surface area contributed by atoms with E-state index in [1.807, 2.05) is 0 Å². The molecule has 5 rings (SSSR count). The third-order valence-corrected chi connectivity index (χ3v) is 7.55. The van der Waals surface area contributed by atoms with Crippen LogP contribution in [0.1, 0.15) is 53.4 Å². The summed E-state index contributed by atoms with van der Waals surface area (Å²) in [7, 11) is 0. The van der Waals surface area contributed by atoms with E-state index in [2.05, 4.69) is 37.5 Å². The van der Waals surface area contributed by atoms with Gasteiger partial charge in [-0.15, -0.1) is 0 Å². The van der Waals surface area contributed by atoms with Gasteiger partial charge in [-0.05, 0) is 45.4 Å². The molecular weight excluding hydrogens is 288 g/mol. The summed E-state index contributed by atoms with van der Waals surface area (Å²) in [6.07, 6.45) is 4.98. The van der Waals surface area contributed by atoms with Crippen molar-refractivity contribution >= 4 is 0 Å². The topological polar surface area (TPSA) is 35.9 Å². The zero-order valence-electron chi connectivity index (χ0n) is 15.3. The molecule has 5 heterocycles. The fraction of sp³-hybridized carbons (Fsp3) is 1.00. The van der Waals surface area contributed by atoms with E-state index in [0.717, 1.165) is 52.0 Å². The fourth-order valence-electron chi connectivity index (χ4n) is 6.39. The molecule has 5 aliphatic rings. The molecule has 1 N–H and O–H groups in total. The third-order valence-electron chi connectivity index (χ3n) is 7.55. The molecule has 4 heteroatoms. The van der Waals surface area contributed by atoms with Gasteiger partial charge in [0.15, 0.2) is 0 Å². The SMILES string of the molecule is CCC12CN3CC(CC)(CN(C1)C3C1CCOC(C)(C)C1)C2O. The van der Waals surface area contributed by atoms with Crippen LogP contribution in [0.15, 0.2) is 0 Å². The quantitative estimate of drug-likeness (QED) is 0.865. The van der Waals surface area contributed by atoms with E-state index in [-0.39, 0.29) is 22.5 Å². The van der Waals surface area contributed by atoms with Crippen LogP contribution in [0.2, 0.25) is 0 Å². The molecule has 4 bridgehead atoms. The van der Waals surface area contributed by atoms with E-state index in [0.29, 0.717) is 12.1 Å². The molecular formula is C19H34N2O2. The highest BCUT2D eigenvalue weighted by atomic mass is 16.5. The van der Waals surface area contributed by atoms with Crippen molar-refractivity contribution in [1.29, 1.82) is 0 Å². The molecule has 5 saturated heterocycles. The zero-order chi connectivity index (χ0) is 16.5. The average Bonchev–Trinajstić information content (AvgIpc) is 2.50. The summed E-state index contributed by atoms with van der Waals surface area (Å²) in [4.78, 5) is 5.47. The molecule has 23 heavy (non-hydrogen) atoms. The molecule has 1 unspecified atom stereocenters. The molecule has 0 aromatic rings. The van der Waals surface area contributed by atoms with Crippen molar-refractivity contribution in [2.45, 2.75) is 71.2 Å². The highest BCUT2D eigenvalue weighted by Crippen LogP contribution is 2.55. The molecule has 1 atom stereocenters. The van der Waals surface area contributed by atoms with Gasteiger partial charge in [0.05, 0.1) is 17.9 Å². The van der Waals surface area contributed by atoms with Crippen LogP contribution < -0.4 is 0 Å². The number of aliphatic hydroxyl groups is 1. The van der Waals surface area contributed by atoms with Gasteiger partial charge in [-0.2, -0.15) is 0 Å². The minimum atomic E-state index is -0.121. The van der Waals surface area contributed by atoms with Crippen molar-refractivity contribution in [2.24, 2.45) is 16.7 Å². The summed E-state index contributed by atoms with van der Waals surface area (Å²) in [6.45, 7) is 14.3. The van der Waals surface area contributed by atoms with Gasteiger partial charge in [-0.3, -0.25) is 9.80 Å². The number of hydrogen-bond acceptors (Lipinski definition) is 4. The summed E-state index contributed by atoms with van der Waals surface area (Å²) < 4.78 is 5.96. The lowest BCUT2D eigenvalue weighted by Crippen LogP contribution is -2.81. The maximum absolute atomic E-state index is 11.1. The van der Waals surface area contributed by atoms with Crippen molar-refractivity contribution in [3.63, 3.8) is 0 Å². The highest BCUT2D eigenvalue weighted by Gasteiger charge is 2.64. The lowest BCUT2D eigenvalue weighted by Gasteiger charge is -2.71. The first-order valence-corrected chi connectivity index (χ1v) is 9.65. The molecule has 0 saturated carbocycles. The lowest BCUT2D eigenvalue weighted by atomic mass is 9.56. The molecule has 0 amide bonds. The van der Waals surface area contributed by atoms with Crippen LogP contribution in [-0.4, -0.2) is 65.6 Å². The predicted molar refractivity (Wildman–Crippen MR) is 91.1 cm³/mol. The number of rotatable bonds is 3. The standard InChI is InChI=1S/C19H34N2O2/c1-5-18-10-20-12-19(6-2,16(18)22)13-21(11-18)15(20)14-7-8-23-17(3,4)9-14/h14-16,22H,5-13H2,1-4H3. The van der Waals surface area contributed by atoms with Gasteiger partial charge < -0.3 is 9.84 Å². The van der Waals surface area contributed by atoms with Crippen molar-refractivity contribution in [2.75, 3.05) is 32.8 Å². The smallest absolute Gasteiger partial charge is 0.0701 e. The monoisotopic (exact) mass is 322 g/mol. The summed E-state index contributed by atoms with van der Waals surface area (Å²) in [5, 5.41) is 11.1. The number of piperidine rings is 2. The molecule has 4 nitrogen and oxygen atoms in total. The van der Waals surface area contributed by atoms with Crippen LogP contribution in [0, 0.1) is 16.7 Å². The van der Waals surface area contributed by atoms with Crippen LogP contribution in [0.5, 0.6) is 0 Å². The first-order valence-electron chi connectivity index (χ1n) is 9.65. The fourth-order valence-corrected chi connectivity index (χ4v) is 6.39. The molecule has 0 radical (unpaired) electrons. The maximum Gasteiger partial charge on any atom is 0.0701 e. The summed E-state index contributed by atoms with van der Waals surface area (Å²) in [5.74, 6) is 0.707. The van der Waals surface area contributed by atoms with E-state index in [9.17, 15) is 5.11 Å². The minimum Gasteiger partial charge on any atom is -0.392 e. The Morgan fingerprint density at radius 3 is 1.96 bits per heavy atom. The Hall–Kier alpha value is -0.160. The Labute approximate surface area is 141 Å². The van der Waals surface area contributed by atoms with Crippen LogP contribution in [-0.2, 0) is 4.74 Å². The van der Waals surface area contributed by atoms with Gasteiger partial charge >= 0.3 is 0 Å². The minimum absolute atomic E-state index is 0.0181. The van der Waals surface area contributed by atoms with Crippen LogP contribution in [0.3, 0.4) is 0 Å². The lowest BCUT2D eigenvalue weighted by molar-refractivity contribution is -0.278. The zero-order valence-corrected chi connectivity index (χ0v) is 15.3. The Bertz CT molecular complexity index is 438. The summed E-state index contributed by atoms with van der Waals surface area (Å²) >= 11 is 0. The van der Waals surface area contributed by atoms with Gasteiger partial charge in [-0.1, -0.05) is 13.8 Å². The van der Waals surface area contributed by atoms with Gasteiger partial charge in [0.25, 0.3) is 0 Å². The predicted octanol–water partition coefficient (Wildman–Crippen LogP) is 2.32. The second-order valence-corrected chi connectivity index (χ2v) is 9.42. The molecule has 5 fully saturated rings. The molecule has 0 aliphatic carbocycles.